The normalized spacial score (nSPS) is 17.8. The zero-order chi connectivity index (χ0) is 21.9. The highest BCUT2D eigenvalue weighted by Crippen LogP contribution is 2.35. The molecule has 1 aliphatic rings. The Labute approximate surface area is 185 Å². The van der Waals surface area contributed by atoms with Gasteiger partial charge in [0.2, 0.25) is 5.91 Å². The first kappa shape index (κ1) is 24.1. The van der Waals surface area contributed by atoms with E-state index in [-0.39, 0.29) is 17.6 Å². The smallest absolute Gasteiger partial charge is 0.220 e. The fourth-order valence-corrected chi connectivity index (χ4v) is 4.09. The summed E-state index contributed by atoms with van der Waals surface area (Å²) in [6.07, 6.45) is 7.42. The van der Waals surface area contributed by atoms with Crippen molar-refractivity contribution in [1.82, 2.24) is 5.32 Å². The predicted molar refractivity (Wildman–Crippen MR) is 124 cm³/mol. The van der Waals surface area contributed by atoms with E-state index in [0.717, 1.165) is 48.1 Å². The maximum absolute atomic E-state index is 12.5. The first-order chi connectivity index (χ1) is 14.5. The summed E-state index contributed by atoms with van der Waals surface area (Å²) in [4.78, 5) is 25.5. The SMILES string of the molecule is CCCNC(=O)CCC1CCC(c2ccc(OC)cc2OC)=CC(=O)CCCC1=S. The number of carbonyl (C=O) groups is 2. The molecule has 0 radical (unpaired) electrons. The van der Waals surface area contributed by atoms with Gasteiger partial charge in [0.05, 0.1) is 14.2 Å². The summed E-state index contributed by atoms with van der Waals surface area (Å²) in [5.74, 6) is 1.78. The minimum absolute atomic E-state index is 0.0829. The van der Waals surface area contributed by atoms with Crippen molar-refractivity contribution < 1.29 is 19.1 Å². The maximum Gasteiger partial charge on any atom is 0.220 e. The number of hydrogen-bond acceptors (Lipinski definition) is 5. The number of thiocarbonyl (C=S) groups is 1. The third-order valence-electron chi connectivity index (χ3n) is 5.45. The average molecular weight is 432 g/mol. The Morgan fingerprint density at radius 1 is 1.20 bits per heavy atom. The van der Waals surface area contributed by atoms with Crippen LogP contribution in [0.4, 0.5) is 0 Å². The van der Waals surface area contributed by atoms with Crippen molar-refractivity contribution in [3.05, 3.63) is 29.8 Å². The average Bonchev–Trinajstić information content (AvgIpc) is 2.75. The van der Waals surface area contributed by atoms with Gasteiger partial charge in [0.25, 0.3) is 0 Å². The van der Waals surface area contributed by atoms with E-state index >= 15 is 0 Å². The van der Waals surface area contributed by atoms with Gasteiger partial charge in [-0.25, -0.2) is 0 Å². The van der Waals surface area contributed by atoms with Gasteiger partial charge >= 0.3 is 0 Å². The van der Waals surface area contributed by atoms with E-state index in [1.165, 1.54) is 0 Å². The van der Waals surface area contributed by atoms with Crippen LogP contribution in [0.2, 0.25) is 0 Å². The second kappa shape index (κ2) is 12.5. The van der Waals surface area contributed by atoms with E-state index in [1.54, 1.807) is 20.3 Å². The highest BCUT2D eigenvalue weighted by Gasteiger charge is 2.20. The Morgan fingerprint density at radius 3 is 2.70 bits per heavy atom. The maximum atomic E-state index is 12.5. The number of allylic oxidation sites excluding steroid dienone is 2. The first-order valence-electron chi connectivity index (χ1n) is 10.7. The Hall–Kier alpha value is -2.21. The molecular formula is C24H33NO4S. The molecule has 1 amide bonds. The minimum atomic E-state index is 0.0829. The number of ketones is 1. The molecule has 6 heteroatoms. The minimum Gasteiger partial charge on any atom is -0.497 e. The Bertz CT molecular complexity index is 787. The van der Waals surface area contributed by atoms with Gasteiger partial charge in [-0.3, -0.25) is 9.59 Å². The van der Waals surface area contributed by atoms with Gasteiger partial charge in [-0.1, -0.05) is 19.1 Å². The van der Waals surface area contributed by atoms with Crippen LogP contribution in [0, 0.1) is 5.92 Å². The number of rotatable bonds is 8. The molecule has 1 N–H and O–H groups in total. The quantitative estimate of drug-likeness (QED) is 0.592. The van der Waals surface area contributed by atoms with Crippen LogP contribution in [-0.2, 0) is 9.59 Å². The summed E-state index contributed by atoms with van der Waals surface area (Å²) in [6, 6.07) is 5.65. The monoisotopic (exact) mass is 431 g/mol. The van der Waals surface area contributed by atoms with E-state index in [4.69, 9.17) is 21.7 Å². The molecule has 164 valence electrons. The molecule has 0 aliphatic heterocycles. The van der Waals surface area contributed by atoms with Crippen LogP contribution in [0.15, 0.2) is 24.3 Å². The number of carbonyl (C=O) groups excluding carboxylic acids is 2. The molecule has 0 heterocycles. The molecule has 0 aromatic heterocycles. The van der Waals surface area contributed by atoms with Crippen molar-refractivity contribution in [1.29, 1.82) is 0 Å². The van der Waals surface area contributed by atoms with E-state index in [0.29, 0.717) is 37.3 Å². The number of methoxy groups -OCH3 is 2. The standard InChI is InChI=1S/C24H33NO4S/c1-4-14-25-24(27)13-10-17-8-9-18(15-19(26)6-5-7-23(17)30)21-12-11-20(28-2)16-22(21)29-3/h11-12,15-17H,4-10,13-14H2,1-3H3,(H,25,27). The lowest BCUT2D eigenvalue weighted by Gasteiger charge is -2.21. The Kier molecular flexibility index (Phi) is 10.0. The predicted octanol–water partition coefficient (Wildman–Crippen LogP) is 4.91. The molecule has 0 saturated carbocycles. The van der Waals surface area contributed by atoms with Crippen LogP contribution in [0.3, 0.4) is 0 Å². The molecule has 1 aromatic carbocycles. The number of ether oxygens (including phenoxy) is 2. The molecule has 0 spiro atoms. The summed E-state index contributed by atoms with van der Waals surface area (Å²) in [6.45, 7) is 2.75. The lowest BCUT2D eigenvalue weighted by atomic mass is 9.86. The fraction of sp³-hybridized carbons (Fsp3) is 0.542. The van der Waals surface area contributed by atoms with Gasteiger partial charge in [0, 0.05) is 31.0 Å². The first-order valence-corrected chi connectivity index (χ1v) is 11.1. The summed E-state index contributed by atoms with van der Waals surface area (Å²) < 4.78 is 10.9. The van der Waals surface area contributed by atoms with E-state index in [9.17, 15) is 9.59 Å². The van der Waals surface area contributed by atoms with Gasteiger partial charge in [0.1, 0.15) is 11.5 Å². The molecule has 2 rings (SSSR count). The van der Waals surface area contributed by atoms with Crippen molar-refractivity contribution in [2.24, 2.45) is 5.92 Å². The lowest BCUT2D eigenvalue weighted by molar-refractivity contribution is -0.121. The van der Waals surface area contributed by atoms with Crippen LogP contribution in [0.25, 0.3) is 5.57 Å². The zero-order valence-corrected chi connectivity index (χ0v) is 19.1. The second-order valence-electron chi connectivity index (χ2n) is 7.65. The van der Waals surface area contributed by atoms with Crippen LogP contribution < -0.4 is 14.8 Å². The van der Waals surface area contributed by atoms with Crippen LogP contribution in [-0.4, -0.2) is 37.3 Å². The summed E-state index contributed by atoms with van der Waals surface area (Å²) in [5, 5.41) is 2.94. The summed E-state index contributed by atoms with van der Waals surface area (Å²) in [5.41, 5.74) is 1.85. The Morgan fingerprint density at radius 2 is 2.00 bits per heavy atom. The van der Waals surface area contributed by atoms with E-state index < -0.39 is 0 Å². The molecule has 1 unspecified atom stereocenters. The molecule has 0 bridgehead atoms. The van der Waals surface area contributed by atoms with Gasteiger partial charge in [-0.2, -0.15) is 0 Å². The van der Waals surface area contributed by atoms with Crippen molar-refractivity contribution in [3.63, 3.8) is 0 Å². The molecule has 5 nitrogen and oxygen atoms in total. The third-order valence-corrected chi connectivity index (χ3v) is 5.98. The number of benzene rings is 1. The fourth-order valence-electron chi connectivity index (χ4n) is 3.71. The van der Waals surface area contributed by atoms with Crippen molar-refractivity contribution in [3.8, 4) is 11.5 Å². The topological polar surface area (TPSA) is 64.6 Å². The largest absolute Gasteiger partial charge is 0.497 e. The van der Waals surface area contributed by atoms with Crippen LogP contribution in [0.5, 0.6) is 11.5 Å². The van der Waals surface area contributed by atoms with Crippen molar-refractivity contribution >= 4 is 34.3 Å². The number of amides is 1. The molecule has 0 saturated heterocycles. The van der Waals surface area contributed by atoms with Gasteiger partial charge in [-0.05, 0) is 73.1 Å². The zero-order valence-electron chi connectivity index (χ0n) is 18.3. The molecular weight excluding hydrogens is 398 g/mol. The van der Waals surface area contributed by atoms with Crippen LogP contribution in [0.1, 0.15) is 63.9 Å². The van der Waals surface area contributed by atoms with E-state index in [1.807, 2.05) is 25.1 Å². The van der Waals surface area contributed by atoms with E-state index in [2.05, 4.69) is 5.32 Å². The van der Waals surface area contributed by atoms with Gasteiger partial charge < -0.3 is 14.8 Å². The molecule has 1 aromatic rings. The van der Waals surface area contributed by atoms with Crippen molar-refractivity contribution in [2.45, 2.75) is 58.3 Å². The molecule has 1 aliphatic carbocycles. The number of hydrogen-bond donors (Lipinski definition) is 1. The van der Waals surface area contributed by atoms with Gasteiger partial charge in [0.15, 0.2) is 5.78 Å². The third kappa shape index (κ3) is 7.24. The highest BCUT2D eigenvalue weighted by atomic mass is 32.1. The van der Waals surface area contributed by atoms with Crippen molar-refractivity contribution in [2.75, 3.05) is 20.8 Å². The molecule has 0 fully saturated rings. The van der Waals surface area contributed by atoms with Gasteiger partial charge in [-0.15, -0.1) is 0 Å². The molecule has 30 heavy (non-hydrogen) atoms. The summed E-state index contributed by atoms with van der Waals surface area (Å²) >= 11 is 5.69. The number of nitrogens with one attached hydrogen (secondary N) is 1. The van der Waals surface area contributed by atoms with Crippen LogP contribution >= 0.6 is 12.2 Å². The lowest BCUT2D eigenvalue weighted by Crippen LogP contribution is -2.25. The highest BCUT2D eigenvalue weighted by molar-refractivity contribution is 7.80. The second-order valence-corrected chi connectivity index (χ2v) is 8.17. The molecule has 1 atom stereocenters. The Balaban J connectivity index is 2.20. The summed E-state index contributed by atoms with van der Waals surface area (Å²) in [7, 11) is 3.23.